The van der Waals surface area contributed by atoms with Crippen LogP contribution in [0.3, 0.4) is 0 Å². The van der Waals surface area contributed by atoms with E-state index >= 15 is 0 Å². The van der Waals surface area contributed by atoms with Crippen molar-refractivity contribution in [2.45, 2.75) is 69.8 Å². The Bertz CT molecular complexity index is 1340. The number of nitrogens with one attached hydrogen (secondary N) is 2. The number of nitrogens with zero attached hydrogens (tertiary/aromatic N) is 1. The number of carbonyl (C=O) groups is 2. The Hall–Kier alpha value is -3.78. The summed E-state index contributed by atoms with van der Waals surface area (Å²) in [4.78, 5) is 24.1. The summed E-state index contributed by atoms with van der Waals surface area (Å²) in [5.41, 5.74) is 1.98. The lowest BCUT2D eigenvalue weighted by molar-refractivity contribution is -0.192. The molecule has 2 amide bonds. The van der Waals surface area contributed by atoms with Crippen molar-refractivity contribution in [2.75, 3.05) is 38.9 Å². The molecule has 10 nitrogen and oxygen atoms in total. The number of fused-ring (bicyclic) bond motifs is 2. The van der Waals surface area contributed by atoms with Gasteiger partial charge in [0.05, 0.1) is 25.5 Å². The van der Waals surface area contributed by atoms with Gasteiger partial charge >= 0.3 is 18.2 Å². The smallest absolute Gasteiger partial charge is 0.490 e. The number of carboxylic acids is 1. The number of rotatable bonds is 7. The topological polar surface area (TPSA) is 119 Å². The van der Waals surface area contributed by atoms with Gasteiger partial charge < -0.3 is 39.6 Å². The van der Waals surface area contributed by atoms with Crippen molar-refractivity contribution < 1.29 is 51.2 Å². The second kappa shape index (κ2) is 13.9. The molecular weight excluding hydrogens is 590 g/mol. The van der Waals surface area contributed by atoms with Crippen LogP contribution >= 0.6 is 0 Å². The Labute approximate surface area is 252 Å². The predicted molar refractivity (Wildman–Crippen MR) is 152 cm³/mol. The summed E-state index contributed by atoms with van der Waals surface area (Å²) < 4.78 is 68.6. The van der Waals surface area contributed by atoms with Gasteiger partial charge in [0.2, 0.25) is 0 Å². The monoisotopic (exact) mass is 627 g/mol. The summed E-state index contributed by atoms with van der Waals surface area (Å²) >= 11 is 0. The molecule has 242 valence electrons. The van der Waals surface area contributed by atoms with Crippen LogP contribution < -0.4 is 24.8 Å². The van der Waals surface area contributed by atoms with E-state index in [1.165, 1.54) is 17.7 Å². The Morgan fingerprint density at radius 2 is 1.82 bits per heavy atom. The molecule has 0 radical (unpaired) electrons. The number of hydrogen-bond acceptors (Lipinski definition) is 7. The van der Waals surface area contributed by atoms with Gasteiger partial charge in [0.1, 0.15) is 11.6 Å². The van der Waals surface area contributed by atoms with Crippen LogP contribution in [0.1, 0.15) is 50.7 Å². The number of carboxylic acid groups (broad SMARTS) is 1. The number of hydrogen-bond donors (Lipinski definition) is 3. The van der Waals surface area contributed by atoms with Gasteiger partial charge in [-0.05, 0) is 76.9 Å². The Balaban J connectivity index is 0.000000566. The molecule has 1 saturated heterocycles. The zero-order valence-electron chi connectivity index (χ0n) is 24.8. The van der Waals surface area contributed by atoms with Crippen LogP contribution in [0.2, 0.25) is 0 Å². The number of ether oxygens (including phenoxy) is 4. The average Bonchev–Trinajstić information content (AvgIpc) is 3.31. The maximum absolute atomic E-state index is 14.6. The van der Waals surface area contributed by atoms with Gasteiger partial charge in [-0.15, -0.1) is 0 Å². The standard InChI is InChI=1S/C28H36FN3O5.C2HF3O2/c1-4-35-23-7-6-19(13-25(23)36-5-2)28-9-8-20(14-26(28)32(3)11-10-28)30-27(33)31-22-15-24-18(12-21(22)29)16-34-17-37-24;3-2(4,5)1(6)7/h6-7,12-13,15,20,26H,4-5,8-11,14,16-17H2,1-3H3,(H2,30,31,33);(H,6,7)/t20-,26+,28+;/m1./s1. The fourth-order valence-electron chi connectivity index (χ4n) is 6.15. The van der Waals surface area contributed by atoms with Crippen LogP contribution in [0.4, 0.5) is 28.0 Å². The largest absolute Gasteiger partial charge is 0.490 e. The maximum atomic E-state index is 14.6. The summed E-state index contributed by atoms with van der Waals surface area (Å²) in [6.45, 7) is 6.50. The lowest BCUT2D eigenvalue weighted by Crippen LogP contribution is -2.52. The van der Waals surface area contributed by atoms with E-state index < -0.39 is 24.0 Å². The fourth-order valence-corrected chi connectivity index (χ4v) is 6.15. The summed E-state index contributed by atoms with van der Waals surface area (Å²) in [5, 5.41) is 12.9. The van der Waals surface area contributed by atoms with Gasteiger partial charge in [-0.1, -0.05) is 6.07 Å². The van der Waals surface area contributed by atoms with Crippen LogP contribution in [0, 0.1) is 5.82 Å². The molecular formula is C30H37F4N3O7. The Morgan fingerprint density at radius 3 is 2.50 bits per heavy atom. The van der Waals surface area contributed by atoms with Crippen LogP contribution in [-0.2, 0) is 21.6 Å². The average molecular weight is 628 g/mol. The van der Waals surface area contributed by atoms with Gasteiger partial charge in [-0.25, -0.2) is 14.0 Å². The van der Waals surface area contributed by atoms with E-state index in [1.54, 1.807) is 0 Å². The highest BCUT2D eigenvalue weighted by atomic mass is 19.4. The number of carbonyl (C=O) groups excluding carboxylic acids is 1. The van der Waals surface area contributed by atoms with Crippen LogP contribution in [0.5, 0.6) is 17.2 Å². The quantitative estimate of drug-likeness (QED) is 0.348. The van der Waals surface area contributed by atoms with Crippen molar-refractivity contribution >= 4 is 17.7 Å². The van der Waals surface area contributed by atoms with Gasteiger partial charge in [0.15, 0.2) is 18.3 Å². The Kier molecular flexibility index (Phi) is 10.5. The van der Waals surface area contributed by atoms with E-state index in [1.807, 2.05) is 19.9 Å². The minimum Gasteiger partial charge on any atom is -0.490 e. The molecule has 1 saturated carbocycles. The van der Waals surface area contributed by atoms with Crippen LogP contribution in [-0.4, -0.2) is 73.9 Å². The highest BCUT2D eigenvalue weighted by Gasteiger charge is 2.50. The third-order valence-corrected chi connectivity index (χ3v) is 8.18. The van der Waals surface area contributed by atoms with Gasteiger partial charge in [0.25, 0.3) is 0 Å². The third-order valence-electron chi connectivity index (χ3n) is 8.18. The number of likely N-dealkylation sites (tertiary alicyclic amines) is 1. The lowest BCUT2D eigenvalue weighted by atomic mass is 9.65. The first kappa shape index (κ1) is 33.1. The van der Waals surface area contributed by atoms with Gasteiger partial charge in [-0.2, -0.15) is 13.2 Å². The molecule has 0 spiro atoms. The molecule has 1 aliphatic carbocycles. The predicted octanol–water partition coefficient (Wildman–Crippen LogP) is 5.44. The highest BCUT2D eigenvalue weighted by molar-refractivity contribution is 5.90. The number of urea groups is 1. The molecule has 3 aliphatic rings. The molecule has 44 heavy (non-hydrogen) atoms. The molecule has 2 heterocycles. The van der Waals surface area contributed by atoms with Crippen molar-refractivity contribution in [3.05, 3.63) is 47.3 Å². The first-order valence-corrected chi connectivity index (χ1v) is 14.4. The molecule has 2 fully saturated rings. The van der Waals surface area contributed by atoms with Gasteiger partial charge in [-0.3, -0.25) is 0 Å². The van der Waals surface area contributed by atoms with E-state index in [-0.39, 0.29) is 36.6 Å². The zero-order chi connectivity index (χ0) is 32.1. The minimum absolute atomic E-state index is 0.00991. The summed E-state index contributed by atoms with van der Waals surface area (Å²) in [6.07, 6.45) is -1.44. The van der Waals surface area contributed by atoms with E-state index in [0.717, 1.165) is 43.7 Å². The fraction of sp³-hybridized carbons (Fsp3) is 0.533. The molecule has 0 aromatic heterocycles. The second-order valence-electron chi connectivity index (χ2n) is 10.9. The van der Waals surface area contributed by atoms with Crippen molar-refractivity contribution in [1.29, 1.82) is 0 Å². The van der Waals surface area contributed by atoms with E-state index in [2.05, 4.69) is 34.7 Å². The molecule has 5 rings (SSSR count). The summed E-state index contributed by atoms with van der Waals surface area (Å²) in [6, 6.07) is 9.05. The van der Waals surface area contributed by atoms with Crippen molar-refractivity contribution in [3.63, 3.8) is 0 Å². The van der Waals surface area contributed by atoms with E-state index in [0.29, 0.717) is 24.5 Å². The first-order valence-electron chi connectivity index (χ1n) is 14.4. The lowest BCUT2D eigenvalue weighted by Gasteiger charge is -2.45. The summed E-state index contributed by atoms with van der Waals surface area (Å²) in [7, 11) is 2.15. The van der Waals surface area contributed by atoms with Crippen LogP contribution in [0.25, 0.3) is 0 Å². The number of amides is 2. The third kappa shape index (κ3) is 7.46. The zero-order valence-corrected chi connectivity index (χ0v) is 24.8. The molecule has 3 atom stereocenters. The normalized spacial score (nSPS) is 22.8. The van der Waals surface area contributed by atoms with Crippen molar-refractivity contribution in [3.8, 4) is 17.2 Å². The molecule has 2 aromatic carbocycles. The highest BCUT2D eigenvalue weighted by Crippen LogP contribution is 2.50. The number of likely N-dealkylation sites (N-methyl/N-ethyl adjacent to an activating group) is 1. The van der Waals surface area contributed by atoms with Crippen molar-refractivity contribution in [1.82, 2.24) is 10.2 Å². The maximum Gasteiger partial charge on any atom is 0.490 e. The SMILES string of the molecule is CCOc1ccc([C@@]23CC[C@@H](NC(=O)Nc4cc5c(cc4F)COCO5)C[C@@H]2N(C)CC3)cc1OCC.O=C(O)C(F)(F)F. The minimum atomic E-state index is -5.08. The molecule has 3 N–H and O–H groups in total. The first-order chi connectivity index (χ1) is 20.9. The molecule has 0 bridgehead atoms. The Morgan fingerprint density at radius 1 is 1.11 bits per heavy atom. The number of benzene rings is 2. The second-order valence-corrected chi connectivity index (χ2v) is 10.9. The van der Waals surface area contributed by atoms with E-state index in [9.17, 15) is 22.4 Å². The number of anilines is 1. The number of halogens is 4. The number of alkyl halides is 3. The van der Waals surface area contributed by atoms with Gasteiger partial charge in [0, 0.05) is 29.1 Å². The molecule has 2 aliphatic heterocycles. The van der Waals surface area contributed by atoms with E-state index in [4.69, 9.17) is 28.8 Å². The van der Waals surface area contributed by atoms with Crippen molar-refractivity contribution in [2.24, 2.45) is 0 Å². The molecule has 14 heteroatoms. The van der Waals surface area contributed by atoms with Crippen LogP contribution in [0.15, 0.2) is 30.3 Å². The molecule has 2 aromatic rings. The molecule has 0 unspecified atom stereocenters. The number of aliphatic carboxylic acids is 1. The summed E-state index contributed by atoms with van der Waals surface area (Å²) in [5.74, 6) is -1.19.